The second kappa shape index (κ2) is 7.77. The molecule has 1 atom stereocenters. The Hall–Kier alpha value is -3.22. The average Bonchev–Trinajstić information content (AvgIpc) is 3.12. The fourth-order valence-corrected chi connectivity index (χ4v) is 2.53. The highest BCUT2D eigenvalue weighted by atomic mass is 16.5. The van der Waals surface area contributed by atoms with Gasteiger partial charge in [-0.3, -0.25) is 9.78 Å². The van der Waals surface area contributed by atoms with E-state index in [1.165, 1.54) is 0 Å². The van der Waals surface area contributed by atoms with Gasteiger partial charge in [-0.05, 0) is 35.7 Å². The van der Waals surface area contributed by atoms with Crippen LogP contribution in [0.15, 0.2) is 53.3 Å². The van der Waals surface area contributed by atoms with Crippen LogP contribution < -0.4 is 11.1 Å². The molecule has 3 N–H and O–H groups in total. The van der Waals surface area contributed by atoms with E-state index in [-0.39, 0.29) is 24.3 Å². The molecule has 0 aliphatic carbocycles. The van der Waals surface area contributed by atoms with Crippen molar-refractivity contribution in [1.82, 2.24) is 20.4 Å². The van der Waals surface area contributed by atoms with Crippen LogP contribution in [0, 0.1) is 5.92 Å². The SMILES string of the molecule is CC(C)C(NC(=O)Cc1ccc(N)cc1)c1nc(-c2cccnc2)no1. The molecule has 26 heavy (non-hydrogen) atoms. The van der Waals surface area contributed by atoms with E-state index in [1.54, 1.807) is 30.6 Å². The van der Waals surface area contributed by atoms with Gasteiger partial charge in [-0.15, -0.1) is 0 Å². The summed E-state index contributed by atoms with van der Waals surface area (Å²) in [6.07, 6.45) is 3.60. The average molecular weight is 351 g/mol. The van der Waals surface area contributed by atoms with E-state index < -0.39 is 0 Å². The van der Waals surface area contributed by atoms with Gasteiger partial charge in [-0.25, -0.2) is 0 Å². The number of hydrogen-bond acceptors (Lipinski definition) is 6. The van der Waals surface area contributed by atoms with Crippen LogP contribution in [-0.2, 0) is 11.2 Å². The van der Waals surface area contributed by atoms with E-state index in [1.807, 2.05) is 32.0 Å². The smallest absolute Gasteiger partial charge is 0.249 e. The molecule has 1 amide bonds. The van der Waals surface area contributed by atoms with Crippen LogP contribution in [0.25, 0.3) is 11.4 Å². The zero-order chi connectivity index (χ0) is 18.5. The Morgan fingerprint density at radius 2 is 2.00 bits per heavy atom. The van der Waals surface area contributed by atoms with Gasteiger partial charge < -0.3 is 15.6 Å². The van der Waals surface area contributed by atoms with Gasteiger partial charge in [0.2, 0.25) is 17.6 Å². The molecule has 0 saturated heterocycles. The lowest BCUT2D eigenvalue weighted by Gasteiger charge is -2.18. The molecule has 0 spiro atoms. The largest absolute Gasteiger partial charge is 0.399 e. The van der Waals surface area contributed by atoms with Gasteiger partial charge in [0.25, 0.3) is 0 Å². The van der Waals surface area contributed by atoms with Crippen LogP contribution in [0.2, 0.25) is 0 Å². The van der Waals surface area contributed by atoms with Crippen LogP contribution in [-0.4, -0.2) is 21.0 Å². The molecular formula is C19H21N5O2. The molecule has 0 radical (unpaired) electrons. The Labute approximate surface area is 151 Å². The Balaban J connectivity index is 1.72. The predicted octanol–water partition coefficient (Wildman–Crippen LogP) is 2.77. The number of benzene rings is 1. The number of carbonyl (C=O) groups excluding carboxylic acids is 1. The topological polar surface area (TPSA) is 107 Å². The van der Waals surface area contributed by atoms with Crippen molar-refractivity contribution in [3.8, 4) is 11.4 Å². The van der Waals surface area contributed by atoms with Crippen molar-refractivity contribution in [2.24, 2.45) is 5.92 Å². The van der Waals surface area contributed by atoms with Crippen molar-refractivity contribution in [3.63, 3.8) is 0 Å². The number of rotatable bonds is 6. The minimum Gasteiger partial charge on any atom is -0.399 e. The fourth-order valence-electron chi connectivity index (χ4n) is 2.53. The van der Waals surface area contributed by atoms with Crippen molar-refractivity contribution in [2.45, 2.75) is 26.3 Å². The van der Waals surface area contributed by atoms with E-state index in [9.17, 15) is 4.79 Å². The second-order valence-electron chi connectivity index (χ2n) is 6.41. The maximum Gasteiger partial charge on any atom is 0.249 e. The van der Waals surface area contributed by atoms with Gasteiger partial charge >= 0.3 is 0 Å². The van der Waals surface area contributed by atoms with E-state index in [2.05, 4.69) is 20.4 Å². The van der Waals surface area contributed by atoms with Gasteiger partial charge in [0.15, 0.2) is 0 Å². The molecule has 0 aliphatic rings. The number of hydrogen-bond donors (Lipinski definition) is 2. The maximum absolute atomic E-state index is 12.4. The first-order valence-corrected chi connectivity index (χ1v) is 8.40. The van der Waals surface area contributed by atoms with Gasteiger partial charge in [0, 0.05) is 23.6 Å². The molecule has 0 fully saturated rings. The Bertz CT molecular complexity index is 859. The predicted molar refractivity (Wildman–Crippen MR) is 97.8 cm³/mol. The highest BCUT2D eigenvalue weighted by molar-refractivity contribution is 5.79. The highest BCUT2D eigenvalue weighted by Crippen LogP contribution is 2.23. The summed E-state index contributed by atoms with van der Waals surface area (Å²) in [6.45, 7) is 3.98. The Morgan fingerprint density at radius 3 is 2.65 bits per heavy atom. The van der Waals surface area contributed by atoms with Crippen molar-refractivity contribution < 1.29 is 9.32 Å². The van der Waals surface area contributed by atoms with Crippen molar-refractivity contribution in [2.75, 3.05) is 5.73 Å². The molecule has 7 heteroatoms. The summed E-state index contributed by atoms with van der Waals surface area (Å²) < 4.78 is 5.39. The number of anilines is 1. The number of nitrogens with one attached hydrogen (secondary N) is 1. The number of amides is 1. The van der Waals surface area contributed by atoms with Crippen molar-refractivity contribution >= 4 is 11.6 Å². The van der Waals surface area contributed by atoms with Crippen LogP contribution in [0.5, 0.6) is 0 Å². The van der Waals surface area contributed by atoms with E-state index in [0.29, 0.717) is 17.4 Å². The third-order valence-corrected chi connectivity index (χ3v) is 3.96. The molecule has 0 aliphatic heterocycles. The molecular weight excluding hydrogens is 330 g/mol. The first-order chi connectivity index (χ1) is 12.5. The number of carbonyl (C=O) groups is 1. The molecule has 7 nitrogen and oxygen atoms in total. The Kier molecular flexibility index (Phi) is 5.26. The third kappa shape index (κ3) is 4.24. The van der Waals surface area contributed by atoms with E-state index >= 15 is 0 Å². The summed E-state index contributed by atoms with van der Waals surface area (Å²) in [5, 5.41) is 6.98. The molecule has 1 unspecified atom stereocenters. The molecule has 1 aromatic carbocycles. The van der Waals surface area contributed by atoms with Crippen LogP contribution in [0.3, 0.4) is 0 Å². The summed E-state index contributed by atoms with van der Waals surface area (Å²) in [4.78, 5) is 20.9. The van der Waals surface area contributed by atoms with Crippen molar-refractivity contribution in [3.05, 3.63) is 60.2 Å². The normalized spacial score (nSPS) is 12.1. The molecule has 3 aromatic rings. The standard InChI is InChI=1S/C19H21N5O2/c1-12(2)17(22-16(25)10-13-5-7-15(20)8-6-13)19-23-18(24-26-19)14-4-3-9-21-11-14/h3-9,11-12,17H,10,20H2,1-2H3,(H,22,25). The molecule has 2 aromatic heterocycles. The number of nitrogen functional groups attached to an aromatic ring is 1. The Morgan fingerprint density at radius 1 is 1.23 bits per heavy atom. The molecule has 0 saturated carbocycles. The lowest BCUT2D eigenvalue weighted by Crippen LogP contribution is -2.33. The van der Waals surface area contributed by atoms with Gasteiger partial charge in [-0.2, -0.15) is 4.98 Å². The zero-order valence-corrected chi connectivity index (χ0v) is 14.7. The highest BCUT2D eigenvalue weighted by Gasteiger charge is 2.25. The first-order valence-electron chi connectivity index (χ1n) is 8.40. The van der Waals surface area contributed by atoms with Crippen LogP contribution in [0.1, 0.15) is 31.3 Å². The summed E-state index contributed by atoms with van der Waals surface area (Å²) in [7, 11) is 0. The van der Waals surface area contributed by atoms with Crippen LogP contribution in [0.4, 0.5) is 5.69 Å². The van der Waals surface area contributed by atoms with E-state index in [4.69, 9.17) is 10.3 Å². The first kappa shape index (κ1) is 17.6. The number of nitrogens with zero attached hydrogens (tertiary/aromatic N) is 3. The number of nitrogens with two attached hydrogens (primary N) is 1. The fraction of sp³-hybridized carbons (Fsp3) is 0.263. The number of pyridine rings is 1. The molecule has 134 valence electrons. The summed E-state index contributed by atoms with van der Waals surface area (Å²) in [5.41, 5.74) is 7.99. The lowest BCUT2D eigenvalue weighted by atomic mass is 10.0. The van der Waals surface area contributed by atoms with E-state index in [0.717, 1.165) is 11.1 Å². The summed E-state index contributed by atoms with van der Waals surface area (Å²) in [6, 6.07) is 10.5. The van der Waals surface area contributed by atoms with Crippen molar-refractivity contribution in [1.29, 1.82) is 0 Å². The lowest BCUT2D eigenvalue weighted by molar-refractivity contribution is -0.121. The van der Waals surface area contributed by atoms with Gasteiger partial charge in [0.05, 0.1) is 6.42 Å². The minimum absolute atomic E-state index is 0.0903. The van der Waals surface area contributed by atoms with Crippen LogP contribution >= 0.6 is 0 Å². The summed E-state index contributed by atoms with van der Waals surface area (Å²) in [5.74, 6) is 0.804. The number of aromatic nitrogens is 3. The summed E-state index contributed by atoms with van der Waals surface area (Å²) >= 11 is 0. The molecule has 2 heterocycles. The quantitative estimate of drug-likeness (QED) is 0.661. The molecule has 0 bridgehead atoms. The third-order valence-electron chi connectivity index (χ3n) is 3.96. The zero-order valence-electron chi connectivity index (χ0n) is 14.7. The monoisotopic (exact) mass is 351 g/mol. The van der Waals surface area contributed by atoms with Gasteiger partial charge in [0.1, 0.15) is 6.04 Å². The second-order valence-corrected chi connectivity index (χ2v) is 6.41. The van der Waals surface area contributed by atoms with Gasteiger partial charge in [-0.1, -0.05) is 31.1 Å². The minimum atomic E-state index is -0.366. The maximum atomic E-state index is 12.4. The molecule has 3 rings (SSSR count).